The van der Waals surface area contributed by atoms with Crippen LogP contribution in [0.15, 0.2) is 58.7 Å². The summed E-state index contributed by atoms with van der Waals surface area (Å²) in [6.45, 7) is 0.390. The SMILES string of the molecule is CN=C1C(=C2Cc3ccccc3N2)C(=O)C(CCN)N1c1cc(OC)cc(OC)c1. The van der Waals surface area contributed by atoms with Gasteiger partial charge in [-0.15, -0.1) is 0 Å². The lowest BCUT2D eigenvalue weighted by Gasteiger charge is -2.26. The number of nitrogens with zero attached hydrogens (tertiary/aromatic N) is 2. The molecule has 0 aromatic heterocycles. The number of para-hydroxylation sites is 1. The van der Waals surface area contributed by atoms with Gasteiger partial charge >= 0.3 is 0 Å². The summed E-state index contributed by atoms with van der Waals surface area (Å²) < 4.78 is 10.9. The van der Waals surface area contributed by atoms with Gasteiger partial charge in [0, 0.05) is 43.1 Å². The Kier molecular flexibility index (Phi) is 5.46. The lowest BCUT2D eigenvalue weighted by atomic mass is 10.0. The zero-order chi connectivity index (χ0) is 21.3. The van der Waals surface area contributed by atoms with Gasteiger partial charge in [0.2, 0.25) is 0 Å². The van der Waals surface area contributed by atoms with E-state index in [1.165, 1.54) is 5.56 Å². The van der Waals surface area contributed by atoms with Crippen LogP contribution in [0.3, 0.4) is 0 Å². The predicted octanol–water partition coefficient (Wildman–Crippen LogP) is 2.76. The van der Waals surface area contributed by atoms with Crippen molar-refractivity contribution in [2.45, 2.75) is 18.9 Å². The van der Waals surface area contributed by atoms with Crippen molar-refractivity contribution in [1.82, 2.24) is 0 Å². The molecular formula is C23H26N4O3. The van der Waals surface area contributed by atoms with E-state index in [9.17, 15) is 4.79 Å². The number of allylic oxidation sites excluding steroid dienone is 1. The van der Waals surface area contributed by atoms with Crippen LogP contribution in [-0.2, 0) is 11.2 Å². The van der Waals surface area contributed by atoms with Crippen LogP contribution >= 0.6 is 0 Å². The molecule has 0 spiro atoms. The van der Waals surface area contributed by atoms with E-state index in [1.807, 2.05) is 35.2 Å². The Morgan fingerprint density at radius 2 is 1.87 bits per heavy atom. The van der Waals surface area contributed by atoms with E-state index in [1.54, 1.807) is 27.3 Å². The molecule has 0 amide bonds. The van der Waals surface area contributed by atoms with Gasteiger partial charge < -0.3 is 25.4 Å². The summed E-state index contributed by atoms with van der Waals surface area (Å²) in [5, 5.41) is 3.42. The molecule has 2 aromatic carbocycles. The molecule has 2 aromatic rings. The number of rotatable bonds is 5. The van der Waals surface area contributed by atoms with Crippen molar-refractivity contribution < 1.29 is 14.3 Å². The second kappa shape index (κ2) is 8.20. The molecule has 3 N–H and O–H groups in total. The summed E-state index contributed by atoms with van der Waals surface area (Å²) in [6.07, 6.45) is 1.18. The van der Waals surface area contributed by atoms with Gasteiger partial charge in [-0.25, -0.2) is 0 Å². The number of carbonyl (C=O) groups excluding carboxylic acids is 1. The maximum atomic E-state index is 13.6. The van der Waals surface area contributed by atoms with Gasteiger partial charge in [0.15, 0.2) is 5.78 Å². The lowest BCUT2D eigenvalue weighted by molar-refractivity contribution is -0.115. The maximum Gasteiger partial charge on any atom is 0.191 e. The standard InChI is InChI=1S/C23H26N4O3/c1-25-23-21(19-10-14-6-4-5-7-18(14)26-19)22(28)20(8-9-24)27(23)15-11-16(29-2)13-17(12-15)30-3/h4-7,11-13,20,26H,8-10,24H2,1-3H3. The fourth-order valence-electron chi connectivity index (χ4n) is 4.16. The molecule has 1 atom stereocenters. The minimum absolute atomic E-state index is 0.0261. The topological polar surface area (TPSA) is 89.2 Å². The molecule has 2 aliphatic rings. The Morgan fingerprint density at radius 1 is 1.17 bits per heavy atom. The van der Waals surface area contributed by atoms with Gasteiger partial charge in [0.05, 0.1) is 25.5 Å². The molecule has 0 bridgehead atoms. The van der Waals surface area contributed by atoms with E-state index in [2.05, 4.69) is 16.4 Å². The van der Waals surface area contributed by atoms with Crippen molar-refractivity contribution in [3.05, 3.63) is 59.3 Å². The third-order valence-electron chi connectivity index (χ3n) is 5.55. The highest BCUT2D eigenvalue weighted by atomic mass is 16.5. The molecule has 1 fully saturated rings. The largest absolute Gasteiger partial charge is 0.497 e. The minimum Gasteiger partial charge on any atom is -0.497 e. The van der Waals surface area contributed by atoms with Gasteiger partial charge in [-0.3, -0.25) is 9.79 Å². The number of ether oxygens (including phenoxy) is 2. The number of nitrogens with one attached hydrogen (secondary N) is 1. The van der Waals surface area contributed by atoms with E-state index >= 15 is 0 Å². The molecule has 0 radical (unpaired) electrons. The summed E-state index contributed by atoms with van der Waals surface area (Å²) in [5.74, 6) is 1.94. The maximum absolute atomic E-state index is 13.6. The molecule has 4 rings (SSSR count). The highest BCUT2D eigenvalue weighted by Gasteiger charge is 2.44. The monoisotopic (exact) mass is 406 g/mol. The van der Waals surface area contributed by atoms with Gasteiger partial charge in [0.25, 0.3) is 0 Å². The molecule has 1 saturated heterocycles. The zero-order valence-electron chi connectivity index (χ0n) is 17.4. The van der Waals surface area contributed by atoms with Crippen LogP contribution < -0.4 is 25.4 Å². The second-order valence-corrected chi connectivity index (χ2v) is 7.26. The van der Waals surface area contributed by atoms with Crippen LogP contribution in [0.25, 0.3) is 0 Å². The third kappa shape index (κ3) is 3.31. The second-order valence-electron chi connectivity index (χ2n) is 7.26. The first-order valence-corrected chi connectivity index (χ1v) is 9.93. The van der Waals surface area contributed by atoms with Crippen molar-refractivity contribution in [2.75, 3.05) is 38.0 Å². The van der Waals surface area contributed by atoms with E-state index in [4.69, 9.17) is 15.2 Å². The molecule has 7 nitrogen and oxygen atoms in total. The number of hydrogen-bond donors (Lipinski definition) is 2. The lowest BCUT2D eigenvalue weighted by Crippen LogP contribution is -2.37. The van der Waals surface area contributed by atoms with Crippen LogP contribution in [-0.4, -0.2) is 45.5 Å². The van der Waals surface area contributed by atoms with Crippen LogP contribution in [0, 0.1) is 0 Å². The average molecular weight is 406 g/mol. The quantitative estimate of drug-likeness (QED) is 0.743. The normalized spacial score (nSPS) is 21.7. The molecule has 0 saturated carbocycles. The van der Waals surface area contributed by atoms with Crippen LogP contribution in [0.4, 0.5) is 11.4 Å². The van der Waals surface area contributed by atoms with Crippen molar-refractivity contribution in [3.8, 4) is 11.5 Å². The van der Waals surface area contributed by atoms with Crippen LogP contribution in [0.1, 0.15) is 12.0 Å². The number of carbonyl (C=O) groups is 1. The first-order chi connectivity index (χ1) is 14.6. The highest BCUT2D eigenvalue weighted by molar-refractivity contribution is 6.36. The summed E-state index contributed by atoms with van der Waals surface area (Å²) in [7, 11) is 4.92. The van der Waals surface area contributed by atoms with Gasteiger partial charge in [-0.05, 0) is 24.6 Å². The number of methoxy groups -OCH3 is 2. The fourth-order valence-corrected chi connectivity index (χ4v) is 4.16. The van der Waals surface area contributed by atoms with Crippen molar-refractivity contribution in [1.29, 1.82) is 0 Å². The first-order valence-electron chi connectivity index (χ1n) is 9.93. The zero-order valence-corrected chi connectivity index (χ0v) is 17.4. The summed E-state index contributed by atoms with van der Waals surface area (Å²) in [5.41, 5.74) is 10.4. The van der Waals surface area contributed by atoms with E-state index in [0.717, 1.165) is 17.1 Å². The minimum atomic E-state index is -0.432. The summed E-state index contributed by atoms with van der Waals surface area (Å²) >= 11 is 0. The summed E-state index contributed by atoms with van der Waals surface area (Å²) in [4.78, 5) is 20.0. The third-order valence-corrected chi connectivity index (χ3v) is 5.55. The Balaban J connectivity index is 1.84. The number of anilines is 2. The number of Topliss-reactive ketones (excluding diaryl/α,β-unsaturated/α-hetero) is 1. The van der Waals surface area contributed by atoms with Crippen molar-refractivity contribution >= 4 is 23.0 Å². The Labute approximate surface area is 176 Å². The highest BCUT2D eigenvalue weighted by Crippen LogP contribution is 2.38. The number of ketones is 1. The number of nitrogens with two attached hydrogens (primary N) is 1. The Bertz CT molecular complexity index is 995. The summed E-state index contributed by atoms with van der Waals surface area (Å²) in [6, 6.07) is 13.2. The smallest absolute Gasteiger partial charge is 0.191 e. The molecule has 0 aliphatic carbocycles. The molecule has 7 heteroatoms. The van der Waals surface area contributed by atoms with Crippen molar-refractivity contribution in [3.63, 3.8) is 0 Å². The van der Waals surface area contributed by atoms with E-state index in [-0.39, 0.29) is 5.78 Å². The number of hydrogen-bond acceptors (Lipinski definition) is 6. The van der Waals surface area contributed by atoms with Gasteiger partial charge in [-0.2, -0.15) is 0 Å². The molecule has 2 heterocycles. The average Bonchev–Trinajstić information content (AvgIpc) is 3.32. The number of amidine groups is 1. The van der Waals surface area contributed by atoms with E-state index in [0.29, 0.717) is 42.3 Å². The molecule has 156 valence electrons. The number of benzene rings is 2. The van der Waals surface area contributed by atoms with E-state index < -0.39 is 6.04 Å². The van der Waals surface area contributed by atoms with Crippen molar-refractivity contribution in [2.24, 2.45) is 10.7 Å². The molecule has 30 heavy (non-hydrogen) atoms. The van der Waals surface area contributed by atoms with Crippen LogP contribution in [0.5, 0.6) is 11.5 Å². The predicted molar refractivity (Wildman–Crippen MR) is 119 cm³/mol. The van der Waals surface area contributed by atoms with Gasteiger partial charge in [0.1, 0.15) is 23.4 Å². The number of fused-ring (bicyclic) bond motifs is 1. The fraction of sp³-hybridized carbons (Fsp3) is 0.304. The number of aliphatic imine (C=N–C) groups is 1. The molecule has 1 unspecified atom stereocenters. The van der Waals surface area contributed by atoms with Crippen LogP contribution in [0.2, 0.25) is 0 Å². The Morgan fingerprint density at radius 3 is 2.47 bits per heavy atom. The van der Waals surface area contributed by atoms with Gasteiger partial charge in [-0.1, -0.05) is 18.2 Å². The molecule has 2 aliphatic heterocycles. The first kappa shape index (κ1) is 20.0. The molecular weight excluding hydrogens is 380 g/mol. The Hall–Kier alpha value is -3.32.